The standard InChI is InChI=1S/C38H42N4O2/c1-9-26-19(5)30-16-34-28(11-3)21(7)37(41-34)36(23-13-24(43)15-25(44)14-23)38-22(8)29(12-4)35(42-38)17-31-20(6)27(10-2)33(40-31)18-32(26)39-30/h13-18,39,41,43-44H,9-12H2,1-8H3. The number of nitrogens with zero attached hydrogens (tertiary/aromatic N) is 2. The lowest BCUT2D eigenvalue weighted by Crippen LogP contribution is -1.90. The van der Waals surface area contributed by atoms with E-state index in [2.05, 4.69) is 83.6 Å². The third-order valence-corrected chi connectivity index (χ3v) is 9.54. The Labute approximate surface area is 259 Å². The van der Waals surface area contributed by atoms with Crippen LogP contribution in [0.1, 0.15) is 99.4 Å². The highest BCUT2D eigenvalue weighted by molar-refractivity contribution is 6.01. The Morgan fingerprint density at radius 2 is 1.16 bits per heavy atom. The predicted molar refractivity (Wildman–Crippen MR) is 184 cm³/mol. The maximum atomic E-state index is 10.6. The fourth-order valence-corrected chi connectivity index (χ4v) is 7.19. The van der Waals surface area contributed by atoms with Crippen LogP contribution in [0.25, 0.3) is 55.5 Å². The fourth-order valence-electron chi connectivity index (χ4n) is 7.19. The molecular formula is C38H42N4O2. The van der Waals surface area contributed by atoms with E-state index in [-0.39, 0.29) is 11.5 Å². The summed E-state index contributed by atoms with van der Waals surface area (Å²) in [6.07, 6.45) is 3.46. The Balaban J connectivity index is 1.90. The van der Waals surface area contributed by atoms with Gasteiger partial charge in [-0.1, -0.05) is 27.7 Å². The number of benzene rings is 1. The monoisotopic (exact) mass is 586 g/mol. The van der Waals surface area contributed by atoms with Gasteiger partial charge in [-0.2, -0.15) is 0 Å². The lowest BCUT2D eigenvalue weighted by molar-refractivity contribution is 0.451. The maximum Gasteiger partial charge on any atom is 0.119 e. The number of aromatic nitrogens is 4. The summed E-state index contributed by atoms with van der Waals surface area (Å²) in [5, 5.41) is 21.2. The highest BCUT2D eigenvalue weighted by Crippen LogP contribution is 2.43. The minimum absolute atomic E-state index is 0.00665. The minimum atomic E-state index is 0.00665. The van der Waals surface area contributed by atoms with Gasteiger partial charge < -0.3 is 20.2 Å². The topological polar surface area (TPSA) is 97.8 Å². The first-order valence-corrected chi connectivity index (χ1v) is 15.8. The lowest BCUT2D eigenvalue weighted by Gasteiger charge is -2.09. The Hall–Kier alpha value is -4.58. The van der Waals surface area contributed by atoms with E-state index in [1.165, 1.54) is 39.5 Å². The van der Waals surface area contributed by atoms with Gasteiger partial charge in [0.2, 0.25) is 0 Å². The number of hydrogen-bond donors (Lipinski definition) is 4. The number of fused-ring (bicyclic) bond motifs is 8. The Morgan fingerprint density at radius 1 is 0.568 bits per heavy atom. The average Bonchev–Trinajstić information content (AvgIpc) is 3.65. The van der Waals surface area contributed by atoms with Gasteiger partial charge in [-0.15, -0.1) is 0 Å². The van der Waals surface area contributed by atoms with Crippen molar-refractivity contribution in [3.8, 4) is 22.6 Å². The van der Waals surface area contributed by atoms with E-state index in [4.69, 9.17) is 9.97 Å². The first kappa shape index (κ1) is 29.5. The normalized spacial score (nSPS) is 13.4. The number of aryl methyl sites for hydroxylation is 4. The molecule has 0 unspecified atom stereocenters. The van der Waals surface area contributed by atoms with E-state index in [0.717, 1.165) is 87.2 Å². The first-order valence-electron chi connectivity index (χ1n) is 15.8. The van der Waals surface area contributed by atoms with E-state index >= 15 is 0 Å². The fraction of sp³-hybridized carbons (Fsp3) is 0.316. The van der Waals surface area contributed by atoms with Crippen LogP contribution in [-0.4, -0.2) is 30.1 Å². The first-order chi connectivity index (χ1) is 21.1. The van der Waals surface area contributed by atoms with Crippen molar-refractivity contribution in [3.05, 3.63) is 81.4 Å². The largest absolute Gasteiger partial charge is 0.508 e. The zero-order valence-corrected chi connectivity index (χ0v) is 27.1. The molecule has 5 heterocycles. The number of phenols is 2. The molecule has 0 radical (unpaired) electrons. The summed E-state index contributed by atoms with van der Waals surface area (Å²) in [6, 6.07) is 11.4. The summed E-state index contributed by atoms with van der Waals surface area (Å²) in [5.74, 6) is 0.0133. The van der Waals surface area contributed by atoms with Gasteiger partial charge in [-0.05, 0) is 134 Å². The van der Waals surface area contributed by atoms with E-state index < -0.39 is 0 Å². The molecule has 1 aromatic carbocycles. The van der Waals surface area contributed by atoms with Crippen LogP contribution in [0.2, 0.25) is 0 Å². The number of hydrogen-bond acceptors (Lipinski definition) is 4. The zero-order valence-electron chi connectivity index (χ0n) is 27.1. The van der Waals surface area contributed by atoms with Crippen LogP contribution >= 0.6 is 0 Å². The Kier molecular flexibility index (Phi) is 7.48. The van der Waals surface area contributed by atoms with Gasteiger partial charge in [0.25, 0.3) is 0 Å². The van der Waals surface area contributed by atoms with E-state index in [1.807, 2.05) is 0 Å². The molecule has 0 spiro atoms. The summed E-state index contributed by atoms with van der Waals surface area (Å²) < 4.78 is 0. The second-order valence-electron chi connectivity index (χ2n) is 12.0. The van der Waals surface area contributed by atoms with Crippen LogP contribution in [-0.2, 0) is 12.8 Å². The van der Waals surface area contributed by atoms with E-state index in [0.29, 0.717) is 5.56 Å². The predicted octanol–water partition coefficient (Wildman–Crippen LogP) is 9.82. The van der Waals surface area contributed by atoms with Gasteiger partial charge >= 0.3 is 0 Å². The van der Waals surface area contributed by atoms with Gasteiger partial charge in [-0.25, -0.2) is 9.97 Å². The molecule has 226 valence electrons. The summed E-state index contributed by atoms with van der Waals surface area (Å²) in [7, 11) is 0. The second-order valence-corrected chi connectivity index (χ2v) is 12.0. The van der Waals surface area contributed by atoms with Crippen LogP contribution < -0.4 is 0 Å². The minimum Gasteiger partial charge on any atom is -0.508 e. The summed E-state index contributed by atoms with van der Waals surface area (Å²) in [6.45, 7) is 17.4. The molecule has 8 bridgehead atoms. The third kappa shape index (κ3) is 4.64. The van der Waals surface area contributed by atoms with Crippen LogP contribution in [0, 0.1) is 13.8 Å². The van der Waals surface area contributed by atoms with Crippen molar-refractivity contribution in [2.24, 2.45) is 0 Å². The van der Waals surface area contributed by atoms with E-state index in [1.54, 1.807) is 12.1 Å². The quantitative estimate of drug-likeness (QED) is 0.187. The van der Waals surface area contributed by atoms with Crippen molar-refractivity contribution in [3.63, 3.8) is 0 Å². The van der Waals surface area contributed by atoms with Crippen LogP contribution in [0.3, 0.4) is 0 Å². The van der Waals surface area contributed by atoms with Crippen molar-refractivity contribution < 1.29 is 10.2 Å². The van der Waals surface area contributed by atoms with Crippen molar-refractivity contribution in [2.45, 2.75) is 81.1 Å². The summed E-state index contributed by atoms with van der Waals surface area (Å²) in [5.41, 5.74) is 19.0. The SMILES string of the molecule is CCC1=C(C)c2cc3nc(c(-c4cc(O)cc(O)c4)c4[nH]c(cc5[nH]c(cc1n2)c(CC)c5C)c(CC)c4C)C(C)=C3CC. The molecule has 0 saturated heterocycles. The average molecular weight is 587 g/mol. The van der Waals surface area contributed by atoms with Crippen LogP contribution in [0.5, 0.6) is 11.5 Å². The Bertz CT molecular complexity index is 2050. The number of aromatic amines is 2. The molecule has 4 N–H and O–H groups in total. The van der Waals surface area contributed by atoms with Gasteiger partial charge in [0.15, 0.2) is 0 Å². The lowest BCUT2D eigenvalue weighted by atomic mass is 9.95. The summed E-state index contributed by atoms with van der Waals surface area (Å²) in [4.78, 5) is 18.0. The van der Waals surface area contributed by atoms with Crippen molar-refractivity contribution in [1.29, 1.82) is 0 Å². The molecule has 6 nitrogen and oxygen atoms in total. The smallest absolute Gasteiger partial charge is 0.119 e. The molecular weight excluding hydrogens is 544 g/mol. The number of nitrogens with one attached hydrogen (secondary N) is 2. The number of allylic oxidation sites excluding steroid dienone is 4. The molecule has 3 aromatic heterocycles. The van der Waals surface area contributed by atoms with Crippen LogP contribution in [0.4, 0.5) is 0 Å². The van der Waals surface area contributed by atoms with Gasteiger partial charge in [0.05, 0.1) is 28.3 Å². The molecule has 0 atom stereocenters. The molecule has 0 amide bonds. The molecule has 4 aromatic rings. The second kappa shape index (κ2) is 11.2. The molecule has 6 heteroatoms. The van der Waals surface area contributed by atoms with Gasteiger partial charge in [0, 0.05) is 28.2 Å². The van der Waals surface area contributed by atoms with E-state index in [9.17, 15) is 10.2 Å². The molecule has 2 aliphatic rings. The van der Waals surface area contributed by atoms with Crippen LogP contribution in [0.15, 0.2) is 36.4 Å². The molecule has 0 aliphatic carbocycles. The van der Waals surface area contributed by atoms with Gasteiger partial charge in [-0.3, -0.25) is 0 Å². The number of rotatable bonds is 5. The molecule has 44 heavy (non-hydrogen) atoms. The zero-order chi connectivity index (χ0) is 31.4. The molecule has 0 fully saturated rings. The highest BCUT2D eigenvalue weighted by atomic mass is 16.3. The maximum absolute atomic E-state index is 10.6. The Morgan fingerprint density at radius 3 is 1.80 bits per heavy atom. The van der Waals surface area contributed by atoms with Crippen molar-refractivity contribution in [1.82, 2.24) is 19.9 Å². The molecule has 6 rings (SSSR count). The number of aromatic hydroxyl groups is 2. The molecule has 0 saturated carbocycles. The third-order valence-electron chi connectivity index (χ3n) is 9.54. The van der Waals surface area contributed by atoms with Crippen molar-refractivity contribution >= 4 is 44.4 Å². The molecule has 2 aliphatic heterocycles. The van der Waals surface area contributed by atoms with Gasteiger partial charge in [0.1, 0.15) is 11.5 Å². The highest BCUT2D eigenvalue weighted by Gasteiger charge is 2.24. The van der Waals surface area contributed by atoms with Crippen molar-refractivity contribution in [2.75, 3.05) is 0 Å². The number of H-pyrrole nitrogens is 2. The summed E-state index contributed by atoms with van der Waals surface area (Å²) >= 11 is 0. The number of phenolic OH excluding ortho intramolecular Hbond substituents is 2.